The van der Waals surface area contributed by atoms with Crippen molar-refractivity contribution in [1.29, 1.82) is 0 Å². The van der Waals surface area contributed by atoms with Crippen LogP contribution in [0.3, 0.4) is 0 Å². The molecule has 0 saturated carbocycles. The van der Waals surface area contributed by atoms with E-state index in [0.717, 1.165) is 5.25 Å². The molecule has 0 nitrogen and oxygen atoms in total. The highest BCUT2D eigenvalue weighted by Crippen LogP contribution is 2.26. The van der Waals surface area contributed by atoms with Crippen LogP contribution in [0.4, 0.5) is 0 Å². The lowest BCUT2D eigenvalue weighted by molar-refractivity contribution is 0.909. The molecule has 0 fully saturated rings. The minimum Gasteiger partial charge on any atom is -0.123 e. The van der Waals surface area contributed by atoms with Crippen molar-refractivity contribution in [3.8, 4) is 0 Å². The summed E-state index contributed by atoms with van der Waals surface area (Å²) < 4.78 is 0. The van der Waals surface area contributed by atoms with Crippen LogP contribution in [0.1, 0.15) is 27.2 Å². The zero-order chi connectivity index (χ0) is 9.68. The van der Waals surface area contributed by atoms with Crippen molar-refractivity contribution in [2.45, 2.75) is 32.4 Å². The second kappa shape index (κ2) is 5.33. The largest absolute Gasteiger partial charge is 0.123 e. The minimum absolute atomic E-state index is 0.575. The van der Waals surface area contributed by atoms with E-state index in [1.165, 1.54) is 11.3 Å². The van der Waals surface area contributed by atoms with Gasteiger partial charge in [-0.2, -0.15) is 0 Å². The van der Waals surface area contributed by atoms with E-state index in [0.29, 0.717) is 5.92 Å². The monoisotopic (exact) mass is 194 g/mol. The van der Waals surface area contributed by atoms with Crippen molar-refractivity contribution in [3.05, 3.63) is 35.3 Å². The Morgan fingerprint density at radius 2 is 2.23 bits per heavy atom. The van der Waals surface area contributed by atoms with E-state index >= 15 is 0 Å². The summed E-state index contributed by atoms with van der Waals surface area (Å²) in [6, 6.07) is 0. The molecular weight excluding hydrogens is 176 g/mol. The lowest BCUT2D eigenvalue weighted by atomic mass is 10.2. The normalized spacial score (nSPS) is 23.9. The first-order valence-electron chi connectivity index (χ1n) is 4.95. The van der Waals surface area contributed by atoms with Crippen LogP contribution >= 0.6 is 11.8 Å². The first-order valence-corrected chi connectivity index (χ1v) is 5.83. The maximum atomic E-state index is 2.28. The van der Waals surface area contributed by atoms with Crippen molar-refractivity contribution in [2.24, 2.45) is 5.92 Å². The summed E-state index contributed by atoms with van der Waals surface area (Å²) in [5.74, 6) is 0.575. The number of thioether (sulfide) groups is 1. The van der Waals surface area contributed by atoms with Gasteiger partial charge in [-0.3, -0.25) is 0 Å². The molecule has 2 unspecified atom stereocenters. The molecule has 13 heavy (non-hydrogen) atoms. The van der Waals surface area contributed by atoms with Gasteiger partial charge in [0.15, 0.2) is 0 Å². The van der Waals surface area contributed by atoms with Crippen LogP contribution in [0.2, 0.25) is 0 Å². The van der Waals surface area contributed by atoms with Crippen LogP contribution < -0.4 is 0 Å². The summed E-state index contributed by atoms with van der Waals surface area (Å²) in [7, 11) is 0. The van der Waals surface area contributed by atoms with E-state index in [2.05, 4.69) is 51.2 Å². The molecule has 2 atom stereocenters. The Bertz CT molecular complexity index is 236. The van der Waals surface area contributed by atoms with E-state index in [1.807, 2.05) is 11.8 Å². The molecule has 1 rings (SSSR count). The molecule has 0 N–H and O–H groups in total. The van der Waals surface area contributed by atoms with Gasteiger partial charge in [0.1, 0.15) is 0 Å². The van der Waals surface area contributed by atoms with Gasteiger partial charge in [-0.05, 0) is 18.4 Å². The zero-order valence-electron chi connectivity index (χ0n) is 8.66. The third kappa shape index (κ3) is 3.86. The lowest BCUT2D eigenvalue weighted by Gasteiger charge is -2.07. The fourth-order valence-corrected chi connectivity index (χ4v) is 2.03. The SMILES string of the molecule is CCC(C)SC1=CC=CC(C)C=C1. The summed E-state index contributed by atoms with van der Waals surface area (Å²) in [5, 5.41) is 0.720. The van der Waals surface area contributed by atoms with Crippen molar-refractivity contribution in [1.82, 2.24) is 0 Å². The first-order chi connectivity index (χ1) is 6.22. The summed E-state index contributed by atoms with van der Waals surface area (Å²) >= 11 is 1.96. The Morgan fingerprint density at radius 3 is 2.92 bits per heavy atom. The minimum atomic E-state index is 0.575. The smallest absolute Gasteiger partial charge is 0.00716 e. The van der Waals surface area contributed by atoms with Gasteiger partial charge in [0, 0.05) is 10.2 Å². The molecule has 1 heteroatoms. The first kappa shape index (κ1) is 10.6. The molecule has 0 amide bonds. The maximum Gasteiger partial charge on any atom is 0.00716 e. The summed E-state index contributed by atoms with van der Waals surface area (Å²) in [6.45, 7) is 6.71. The van der Waals surface area contributed by atoms with Crippen molar-refractivity contribution >= 4 is 11.8 Å². The third-order valence-corrected chi connectivity index (χ3v) is 3.43. The molecule has 0 heterocycles. The third-order valence-electron chi connectivity index (χ3n) is 2.15. The quantitative estimate of drug-likeness (QED) is 0.650. The van der Waals surface area contributed by atoms with Gasteiger partial charge in [0.2, 0.25) is 0 Å². The van der Waals surface area contributed by atoms with Crippen LogP contribution in [-0.4, -0.2) is 5.25 Å². The van der Waals surface area contributed by atoms with Gasteiger partial charge in [0.05, 0.1) is 0 Å². The van der Waals surface area contributed by atoms with Gasteiger partial charge in [-0.15, -0.1) is 11.8 Å². The van der Waals surface area contributed by atoms with Crippen LogP contribution in [0, 0.1) is 5.92 Å². The van der Waals surface area contributed by atoms with Gasteiger partial charge < -0.3 is 0 Å². The standard InChI is InChI=1S/C12H18S/c1-4-11(3)13-12-7-5-6-10(2)8-9-12/h5-11H,4H2,1-3H3. The Labute approximate surface area is 85.8 Å². The molecule has 0 radical (unpaired) electrons. The van der Waals surface area contributed by atoms with E-state index in [4.69, 9.17) is 0 Å². The average Bonchev–Trinajstić information content (AvgIpc) is 2.31. The van der Waals surface area contributed by atoms with Crippen molar-refractivity contribution < 1.29 is 0 Å². The molecule has 0 spiro atoms. The highest BCUT2D eigenvalue weighted by Gasteiger charge is 2.03. The van der Waals surface area contributed by atoms with Crippen LogP contribution in [0.25, 0.3) is 0 Å². The molecule has 0 aliphatic heterocycles. The molecule has 0 aromatic heterocycles. The highest BCUT2D eigenvalue weighted by molar-refractivity contribution is 8.03. The van der Waals surface area contributed by atoms with Crippen molar-refractivity contribution in [2.75, 3.05) is 0 Å². The molecule has 72 valence electrons. The predicted octanol–water partition coefficient (Wildman–Crippen LogP) is 4.16. The number of rotatable bonds is 3. The van der Waals surface area contributed by atoms with Crippen LogP contribution in [-0.2, 0) is 0 Å². The Hall–Kier alpha value is -0.430. The number of hydrogen-bond acceptors (Lipinski definition) is 1. The van der Waals surface area contributed by atoms with Gasteiger partial charge in [-0.25, -0.2) is 0 Å². The topological polar surface area (TPSA) is 0 Å². The fourth-order valence-electron chi connectivity index (χ4n) is 1.09. The second-order valence-corrected chi connectivity index (χ2v) is 5.02. The van der Waals surface area contributed by atoms with E-state index in [1.54, 1.807) is 0 Å². The Kier molecular flexibility index (Phi) is 4.37. The van der Waals surface area contributed by atoms with Gasteiger partial charge in [0.25, 0.3) is 0 Å². The van der Waals surface area contributed by atoms with Crippen LogP contribution in [0.15, 0.2) is 35.3 Å². The van der Waals surface area contributed by atoms with Crippen molar-refractivity contribution in [3.63, 3.8) is 0 Å². The zero-order valence-corrected chi connectivity index (χ0v) is 9.47. The number of hydrogen-bond donors (Lipinski definition) is 0. The van der Waals surface area contributed by atoms with Gasteiger partial charge >= 0.3 is 0 Å². The summed E-state index contributed by atoms with van der Waals surface area (Å²) in [4.78, 5) is 1.38. The fraction of sp³-hybridized carbons (Fsp3) is 0.500. The lowest BCUT2D eigenvalue weighted by Crippen LogP contribution is -1.91. The summed E-state index contributed by atoms with van der Waals surface area (Å²) in [6.07, 6.45) is 12.3. The molecule has 0 bridgehead atoms. The van der Waals surface area contributed by atoms with E-state index in [9.17, 15) is 0 Å². The highest BCUT2D eigenvalue weighted by atomic mass is 32.2. The molecular formula is C12H18S. The second-order valence-electron chi connectivity index (χ2n) is 3.51. The maximum absolute atomic E-state index is 2.28. The molecule has 1 aliphatic rings. The molecule has 0 saturated heterocycles. The molecule has 0 aromatic rings. The Balaban J connectivity index is 2.56. The van der Waals surface area contributed by atoms with Crippen LogP contribution in [0.5, 0.6) is 0 Å². The molecule has 0 aromatic carbocycles. The van der Waals surface area contributed by atoms with E-state index in [-0.39, 0.29) is 0 Å². The predicted molar refractivity (Wildman–Crippen MR) is 62.9 cm³/mol. The summed E-state index contributed by atoms with van der Waals surface area (Å²) in [5.41, 5.74) is 0. The van der Waals surface area contributed by atoms with Gasteiger partial charge in [-0.1, -0.05) is 45.1 Å². The molecule has 1 aliphatic carbocycles. The number of allylic oxidation sites excluding steroid dienone is 5. The Morgan fingerprint density at radius 1 is 1.46 bits per heavy atom. The van der Waals surface area contributed by atoms with E-state index < -0.39 is 0 Å². The average molecular weight is 194 g/mol.